The third-order valence-corrected chi connectivity index (χ3v) is 6.01. The van der Waals surface area contributed by atoms with Crippen LogP contribution in [0.4, 0.5) is 0 Å². The Morgan fingerprint density at radius 3 is 1.38 bits per heavy atom. The van der Waals surface area contributed by atoms with Crippen LogP contribution in [0.25, 0.3) is 32.7 Å². The van der Waals surface area contributed by atoms with Crippen LogP contribution >= 0.6 is 33.9 Å². The van der Waals surface area contributed by atoms with Gasteiger partial charge in [-0.2, -0.15) is 0 Å². The monoisotopic (exact) mass is 438 g/mol. The van der Waals surface area contributed by atoms with Gasteiger partial charge in [-0.25, -0.2) is 0 Å². The van der Waals surface area contributed by atoms with Gasteiger partial charge >= 0.3 is 0 Å². The normalized spacial score (nSPS) is 10.7. The lowest BCUT2D eigenvalue weighted by molar-refractivity contribution is 1.59. The molecule has 0 spiro atoms. The second kappa shape index (κ2) is 6.91. The lowest BCUT2D eigenvalue weighted by atomic mass is 9.99. The van der Waals surface area contributed by atoms with Crippen molar-refractivity contribution in [2.24, 2.45) is 0 Å². The molecule has 0 aliphatic rings. The maximum atomic E-state index is 2.37. The molecule has 2 heteroatoms. The number of hydrogen-bond acceptors (Lipinski definition) is 1. The molecule has 0 saturated heterocycles. The molecule has 1 aromatic heterocycles. The molecule has 0 nitrogen and oxygen atoms in total. The number of halogens is 1. The highest BCUT2D eigenvalue weighted by atomic mass is 127. The first-order valence-electron chi connectivity index (χ1n) is 7.81. The number of thiophene rings is 1. The van der Waals surface area contributed by atoms with Crippen molar-refractivity contribution in [2.45, 2.75) is 0 Å². The van der Waals surface area contributed by atoms with Gasteiger partial charge in [0.1, 0.15) is 0 Å². The molecule has 4 rings (SSSR count). The fourth-order valence-electron chi connectivity index (χ4n) is 2.78. The summed E-state index contributed by atoms with van der Waals surface area (Å²) in [6.45, 7) is 0. The van der Waals surface area contributed by atoms with E-state index in [0.717, 1.165) is 0 Å². The van der Waals surface area contributed by atoms with Gasteiger partial charge in [-0.3, -0.25) is 0 Å². The number of rotatable bonds is 3. The van der Waals surface area contributed by atoms with E-state index >= 15 is 0 Å². The Bertz CT molecular complexity index is 935. The zero-order valence-electron chi connectivity index (χ0n) is 12.9. The molecule has 0 fully saturated rings. The van der Waals surface area contributed by atoms with Crippen molar-refractivity contribution in [1.29, 1.82) is 0 Å². The predicted molar refractivity (Wildman–Crippen MR) is 113 cm³/mol. The Balaban J connectivity index is 1.60. The minimum Gasteiger partial charge on any atom is -0.129 e. The molecule has 116 valence electrons. The van der Waals surface area contributed by atoms with Gasteiger partial charge in [-0.05, 0) is 62.5 Å². The summed E-state index contributed by atoms with van der Waals surface area (Å²) in [6, 6.07) is 32.5. The number of benzene rings is 3. The van der Waals surface area contributed by atoms with Gasteiger partial charge in [-0.1, -0.05) is 78.9 Å². The molecule has 0 amide bonds. The molecule has 0 radical (unpaired) electrons. The fourth-order valence-corrected chi connectivity index (χ4v) is 4.41. The first-order chi connectivity index (χ1) is 11.8. The average molecular weight is 438 g/mol. The van der Waals surface area contributed by atoms with Crippen LogP contribution in [0.5, 0.6) is 0 Å². The quantitative estimate of drug-likeness (QED) is 0.293. The van der Waals surface area contributed by atoms with Crippen LogP contribution in [0.3, 0.4) is 0 Å². The third-order valence-electron chi connectivity index (χ3n) is 4.07. The Labute approximate surface area is 160 Å². The van der Waals surface area contributed by atoms with E-state index in [0.29, 0.717) is 0 Å². The molecule has 0 bridgehead atoms. The molecule has 0 aliphatic carbocycles. The van der Waals surface area contributed by atoms with E-state index in [-0.39, 0.29) is 0 Å². The Hall–Kier alpha value is -1.91. The summed E-state index contributed by atoms with van der Waals surface area (Å²) >= 11 is 4.20. The summed E-state index contributed by atoms with van der Waals surface area (Å²) in [5.74, 6) is 0. The van der Waals surface area contributed by atoms with E-state index in [1.807, 2.05) is 17.4 Å². The van der Waals surface area contributed by atoms with Gasteiger partial charge in [0, 0.05) is 4.88 Å². The summed E-state index contributed by atoms with van der Waals surface area (Å²) in [4.78, 5) is 1.32. The van der Waals surface area contributed by atoms with E-state index in [4.69, 9.17) is 0 Å². The van der Waals surface area contributed by atoms with Gasteiger partial charge in [0.25, 0.3) is 0 Å². The summed E-state index contributed by atoms with van der Waals surface area (Å²) in [5, 5.41) is 0. The Kier molecular flexibility index (Phi) is 4.50. The summed E-state index contributed by atoms with van der Waals surface area (Å²) in [7, 11) is 0. The van der Waals surface area contributed by atoms with Crippen LogP contribution in [0.2, 0.25) is 0 Å². The zero-order valence-corrected chi connectivity index (χ0v) is 15.9. The lowest BCUT2D eigenvalue weighted by Crippen LogP contribution is -1.81. The third kappa shape index (κ3) is 3.30. The van der Waals surface area contributed by atoms with Gasteiger partial charge < -0.3 is 0 Å². The molecule has 4 aromatic rings. The molecule has 0 aliphatic heterocycles. The van der Waals surface area contributed by atoms with Crippen LogP contribution < -0.4 is 0 Å². The maximum Gasteiger partial charge on any atom is 0.0660 e. The molecular formula is C22H15IS. The molecule has 0 saturated carbocycles. The standard InChI is InChI=1S/C22H15IS/c23-22-15-14-21(24-22)20-12-10-19(11-13-20)18-8-6-17(7-9-18)16-4-2-1-3-5-16/h1-15H. The topological polar surface area (TPSA) is 0 Å². The van der Waals surface area contributed by atoms with Crippen LogP contribution in [0, 0.1) is 2.88 Å². The summed E-state index contributed by atoms with van der Waals surface area (Å²) in [5.41, 5.74) is 6.30. The van der Waals surface area contributed by atoms with Crippen molar-refractivity contribution in [3.05, 3.63) is 93.9 Å². The van der Waals surface area contributed by atoms with Crippen molar-refractivity contribution in [2.75, 3.05) is 0 Å². The van der Waals surface area contributed by atoms with Crippen LogP contribution in [0.15, 0.2) is 91.0 Å². The SMILES string of the molecule is Ic1ccc(-c2ccc(-c3ccc(-c4ccccc4)cc3)cc2)s1. The Morgan fingerprint density at radius 2 is 0.917 bits per heavy atom. The van der Waals surface area contributed by atoms with Gasteiger partial charge in [0.05, 0.1) is 2.88 Å². The maximum absolute atomic E-state index is 2.37. The Morgan fingerprint density at radius 1 is 0.458 bits per heavy atom. The fraction of sp³-hybridized carbons (Fsp3) is 0. The van der Waals surface area contributed by atoms with Crippen LogP contribution in [-0.4, -0.2) is 0 Å². The van der Waals surface area contributed by atoms with Crippen LogP contribution in [-0.2, 0) is 0 Å². The molecule has 1 heterocycles. The summed E-state index contributed by atoms with van der Waals surface area (Å²) in [6.07, 6.45) is 0. The largest absolute Gasteiger partial charge is 0.129 e. The minimum absolute atomic E-state index is 1.25. The highest BCUT2D eigenvalue weighted by Gasteiger charge is 2.03. The molecule has 0 N–H and O–H groups in total. The second-order valence-corrected chi connectivity index (χ2v) is 8.60. The van der Waals surface area contributed by atoms with Crippen LogP contribution in [0.1, 0.15) is 0 Å². The van der Waals surface area contributed by atoms with Crippen molar-refractivity contribution < 1.29 is 0 Å². The zero-order chi connectivity index (χ0) is 16.4. The molecule has 3 aromatic carbocycles. The highest BCUT2D eigenvalue weighted by molar-refractivity contribution is 14.1. The van der Waals surface area contributed by atoms with Crippen molar-refractivity contribution >= 4 is 33.9 Å². The van der Waals surface area contributed by atoms with E-state index in [1.54, 1.807) is 0 Å². The lowest BCUT2D eigenvalue weighted by Gasteiger charge is -2.06. The van der Waals surface area contributed by atoms with E-state index in [2.05, 4.69) is 108 Å². The smallest absolute Gasteiger partial charge is 0.0660 e. The van der Waals surface area contributed by atoms with Crippen molar-refractivity contribution in [3.63, 3.8) is 0 Å². The summed E-state index contributed by atoms with van der Waals surface area (Å²) < 4.78 is 1.32. The second-order valence-electron chi connectivity index (χ2n) is 5.62. The molecule has 0 unspecified atom stereocenters. The van der Waals surface area contributed by atoms with Gasteiger partial charge in [-0.15, -0.1) is 11.3 Å². The van der Waals surface area contributed by atoms with Crippen molar-refractivity contribution in [3.8, 4) is 32.7 Å². The highest BCUT2D eigenvalue weighted by Crippen LogP contribution is 2.31. The van der Waals surface area contributed by atoms with Gasteiger partial charge in [0.15, 0.2) is 0 Å². The van der Waals surface area contributed by atoms with E-state index < -0.39 is 0 Å². The average Bonchev–Trinajstić information content (AvgIpc) is 3.09. The minimum atomic E-state index is 1.25. The first-order valence-corrected chi connectivity index (χ1v) is 9.71. The van der Waals surface area contributed by atoms with E-state index in [1.165, 1.54) is 35.6 Å². The predicted octanol–water partition coefficient (Wildman–Crippen LogP) is 7.35. The van der Waals surface area contributed by atoms with Crippen molar-refractivity contribution in [1.82, 2.24) is 0 Å². The first kappa shape index (κ1) is 15.6. The van der Waals surface area contributed by atoms with Gasteiger partial charge in [0.2, 0.25) is 0 Å². The van der Waals surface area contributed by atoms with E-state index in [9.17, 15) is 0 Å². The molecule has 0 atom stereocenters. The molecule has 24 heavy (non-hydrogen) atoms. The number of hydrogen-bond donors (Lipinski definition) is 0. The molecular weight excluding hydrogens is 423 g/mol.